The highest BCUT2D eigenvalue weighted by molar-refractivity contribution is 5.15. The highest BCUT2D eigenvalue weighted by atomic mass is 16.7. The minimum Gasteiger partial charge on any atom is -0.396 e. The Morgan fingerprint density at radius 1 is 1.18 bits per heavy atom. The quantitative estimate of drug-likeness (QED) is 0.769. The summed E-state index contributed by atoms with van der Waals surface area (Å²) in [6, 6.07) is 10.3. The van der Waals surface area contributed by atoms with Crippen LogP contribution in [0, 0.1) is 0 Å². The first-order valence-corrected chi connectivity index (χ1v) is 6.30. The van der Waals surface area contributed by atoms with Crippen LogP contribution in [0.15, 0.2) is 30.3 Å². The molecule has 1 aromatic rings. The van der Waals surface area contributed by atoms with Crippen LogP contribution in [0.25, 0.3) is 0 Å². The van der Waals surface area contributed by atoms with E-state index in [1.54, 1.807) is 0 Å². The molecule has 0 amide bonds. The molecule has 2 rings (SSSR count). The molecule has 1 aliphatic heterocycles. The third-order valence-corrected chi connectivity index (χ3v) is 2.99. The fourth-order valence-corrected chi connectivity index (χ4v) is 2.06. The zero-order valence-corrected chi connectivity index (χ0v) is 10.0. The summed E-state index contributed by atoms with van der Waals surface area (Å²) in [6.07, 6.45) is 3.75. The van der Waals surface area contributed by atoms with Gasteiger partial charge in [-0.25, -0.2) is 0 Å². The predicted molar refractivity (Wildman–Crippen MR) is 65.7 cm³/mol. The molecule has 0 saturated carbocycles. The van der Waals surface area contributed by atoms with Gasteiger partial charge in [0.25, 0.3) is 0 Å². The molecular weight excluding hydrogens is 216 g/mol. The van der Waals surface area contributed by atoms with Crippen molar-refractivity contribution in [2.75, 3.05) is 13.2 Å². The summed E-state index contributed by atoms with van der Waals surface area (Å²) in [5.41, 5.74) is 1.24. The van der Waals surface area contributed by atoms with Gasteiger partial charge in [-0.3, -0.25) is 0 Å². The monoisotopic (exact) mass is 236 g/mol. The Kier molecular flexibility index (Phi) is 4.98. The van der Waals surface area contributed by atoms with Gasteiger partial charge in [-0.2, -0.15) is 0 Å². The predicted octanol–water partition coefficient (Wildman–Crippen LogP) is 2.13. The van der Waals surface area contributed by atoms with Crippen molar-refractivity contribution in [3.05, 3.63) is 35.9 Å². The molecule has 0 spiro atoms. The van der Waals surface area contributed by atoms with Gasteiger partial charge in [0.1, 0.15) is 0 Å². The van der Waals surface area contributed by atoms with E-state index in [1.807, 2.05) is 18.2 Å². The Hall–Kier alpha value is -0.900. The second-order valence-electron chi connectivity index (χ2n) is 4.43. The summed E-state index contributed by atoms with van der Waals surface area (Å²) < 4.78 is 11.4. The normalized spacial score (nSPS) is 24.1. The molecule has 1 N–H and O–H groups in total. The van der Waals surface area contributed by atoms with E-state index in [0.29, 0.717) is 6.61 Å². The van der Waals surface area contributed by atoms with Gasteiger partial charge in [0, 0.05) is 13.0 Å². The lowest BCUT2D eigenvalue weighted by Crippen LogP contribution is -2.14. The fraction of sp³-hybridized carbons (Fsp3) is 0.571. The van der Waals surface area contributed by atoms with Crippen molar-refractivity contribution in [3.8, 4) is 0 Å². The molecule has 1 aliphatic rings. The number of hydrogen-bond acceptors (Lipinski definition) is 3. The standard InChI is InChI=1S/C14H20O3/c15-9-5-4-8-13-11-16-14(17-13)10-12-6-2-1-3-7-12/h1-3,6-7,13-15H,4-5,8-11H2/t13-,14-/m0/s1. The molecule has 0 radical (unpaired) electrons. The zero-order chi connectivity index (χ0) is 11.9. The lowest BCUT2D eigenvalue weighted by molar-refractivity contribution is -0.0570. The molecule has 3 heteroatoms. The van der Waals surface area contributed by atoms with Crippen molar-refractivity contribution in [3.63, 3.8) is 0 Å². The molecular formula is C14H20O3. The van der Waals surface area contributed by atoms with Gasteiger partial charge in [-0.05, 0) is 24.8 Å². The third-order valence-electron chi connectivity index (χ3n) is 2.99. The lowest BCUT2D eigenvalue weighted by atomic mass is 10.1. The van der Waals surface area contributed by atoms with Crippen molar-refractivity contribution in [1.29, 1.82) is 0 Å². The van der Waals surface area contributed by atoms with E-state index in [0.717, 1.165) is 25.7 Å². The molecule has 2 atom stereocenters. The van der Waals surface area contributed by atoms with Gasteiger partial charge in [-0.1, -0.05) is 30.3 Å². The van der Waals surface area contributed by atoms with Crippen LogP contribution in [0.2, 0.25) is 0 Å². The van der Waals surface area contributed by atoms with Crippen molar-refractivity contribution in [1.82, 2.24) is 0 Å². The van der Waals surface area contributed by atoms with E-state index < -0.39 is 0 Å². The van der Waals surface area contributed by atoms with Crippen LogP contribution < -0.4 is 0 Å². The van der Waals surface area contributed by atoms with Crippen molar-refractivity contribution >= 4 is 0 Å². The number of hydrogen-bond donors (Lipinski definition) is 1. The molecule has 1 aromatic carbocycles. The Bertz CT molecular complexity index is 313. The van der Waals surface area contributed by atoms with Crippen LogP contribution >= 0.6 is 0 Å². The number of ether oxygens (including phenoxy) is 2. The summed E-state index contributed by atoms with van der Waals surface area (Å²) in [5, 5.41) is 8.71. The second-order valence-corrected chi connectivity index (χ2v) is 4.43. The number of aliphatic hydroxyl groups is 1. The second kappa shape index (κ2) is 6.74. The van der Waals surface area contributed by atoms with Gasteiger partial charge in [0.05, 0.1) is 12.7 Å². The first-order chi connectivity index (χ1) is 8.38. The number of rotatable bonds is 6. The van der Waals surface area contributed by atoms with Crippen LogP contribution in [0.3, 0.4) is 0 Å². The minimum atomic E-state index is -0.100. The SMILES string of the molecule is OCCCC[C@H]1CO[C@H](Cc2ccccc2)O1. The minimum absolute atomic E-state index is 0.100. The van der Waals surface area contributed by atoms with Gasteiger partial charge in [-0.15, -0.1) is 0 Å². The molecule has 0 aromatic heterocycles. The molecule has 0 aliphatic carbocycles. The Morgan fingerprint density at radius 3 is 2.76 bits per heavy atom. The van der Waals surface area contributed by atoms with Crippen molar-refractivity contribution < 1.29 is 14.6 Å². The van der Waals surface area contributed by atoms with E-state index in [2.05, 4.69) is 12.1 Å². The maximum atomic E-state index is 8.71. The summed E-state index contributed by atoms with van der Waals surface area (Å²) in [4.78, 5) is 0. The molecule has 3 nitrogen and oxygen atoms in total. The highest BCUT2D eigenvalue weighted by Crippen LogP contribution is 2.19. The molecule has 0 unspecified atom stereocenters. The molecule has 1 fully saturated rings. The Balaban J connectivity index is 1.71. The summed E-state index contributed by atoms with van der Waals surface area (Å²) in [6.45, 7) is 0.948. The molecule has 0 bridgehead atoms. The molecule has 1 heterocycles. The fourth-order valence-electron chi connectivity index (χ4n) is 2.06. The van der Waals surface area contributed by atoms with Gasteiger partial charge in [0.15, 0.2) is 6.29 Å². The first kappa shape index (κ1) is 12.6. The summed E-state index contributed by atoms with van der Waals surface area (Å²) in [7, 11) is 0. The smallest absolute Gasteiger partial charge is 0.162 e. The lowest BCUT2D eigenvalue weighted by Gasteiger charge is -2.11. The van der Waals surface area contributed by atoms with Gasteiger partial charge >= 0.3 is 0 Å². The maximum Gasteiger partial charge on any atom is 0.162 e. The van der Waals surface area contributed by atoms with Crippen LogP contribution in [0.1, 0.15) is 24.8 Å². The van der Waals surface area contributed by atoms with Crippen LogP contribution in [0.4, 0.5) is 0 Å². The molecule has 94 valence electrons. The van der Waals surface area contributed by atoms with E-state index in [-0.39, 0.29) is 19.0 Å². The topological polar surface area (TPSA) is 38.7 Å². The molecule has 1 saturated heterocycles. The third kappa shape index (κ3) is 4.11. The van der Waals surface area contributed by atoms with Crippen molar-refractivity contribution in [2.45, 2.75) is 38.1 Å². The van der Waals surface area contributed by atoms with E-state index in [9.17, 15) is 0 Å². The Labute approximate surface area is 102 Å². The average molecular weight is 236 g/mol. The van der Waals surface area contributed by atoms with E-state index in [1.165, 1.54) is 5.56 Å². The van der Waals surface area contributed by atoms with Gasteiger partial charge in [0.2, 0.25) is 0 Å². The van der Waals surface area contributed by atoms with Crippen molar-refractivity contribution in [2.24, 2.45) is 0 Å². The van der Waals surface area contributed by atoms with E-state index >= 15 is 0 Å². The Morgan fingerprint density at radius 2 is 2.00 bits per heavy atom. The first-order valence-electron chi connectivity index (χ1n) is 6.30. The number of benzene rings is 1. The average Bonchev–Trinajstić information content (AvgIpc) is 2.79. The van der Waals surface area contributed by atoms with Crippen LogP contribution in [-0.2, 0) is 15.9 Å². The zero-order valence-electron chi connectivity index (χ0n) is 10.0. The van der Waals surface area contributed by atoms with Gasteiger partial charge < -0.3 is 14.6 Å². The largest absolute Gasteiger partial charge is 0.396 e. The highest BCUT2D eigenvalue weighted by Gasteiger charge is 2.25. The van der Waals surface area contributed by atoms with Crippen LogP contribution in [-0.4, -0.2) is 30.7 Å². The summed E-state index contributed by atoms with van der Waals surface area (Å²) in [5.74, 6) is 0. The molecule has 17 heavy (non-hydrogen) atoms. The van der Waals surface area contributed by atoms with E-state index in [4.69, 9.17) is 14.6 Å². The van der Waals surface area contributed by atoms with Crippen LogP contribution in [0.5, 0.6) is 0 Å². The number of unbranched alkanes of at least 4 members (excludes halogenated alkanes) is 1. The summed E-state index contributed by atoms with van der Waals surface area (Å²) >= 11 is 0. The number of aliphatic hydroxyl groups excluding tert-OH is 1. The maximum absolute atomic E-state index is 8.71.